The van der Waals surface area contributed by atoms with Crippen LogP contribution in [0.4, 0.5) is 5.82 Å². The van der Waals surface area contributed by atoms with Gasteiger partial charge in [0.05, 0.1) is 24.2 Å². The van der Waals surface area contributed by atoms with Crippen LogP contribution in [0.3, 0.4) is 0 Å². The molecule has 4 rings (SSSR count). The number of aliphatic hydroxyl groups is 1. The highest BCUT2D eigenvalue weighted by Gasteiger charge is 2.26. The van der Waals surface area contributed by atoms with Gasteiger partial charge in [-0.15, -0.1) is 0 Å². The molecule has 8 heteroatoms. The largest absolute Gasteiger partial charge is 0.392 e. The first-order chi connectivity index (χ1) is 11.6. The maximum atomic E-state index is 9.72. The average Bonchev–Trinajstić information content (AvgIpc) is 3.24. The number of nitrogen functional groups attached to an aromatic ring is 1. The van der Waals surface area contributed by atoms with Crippen molar-refractivity contribution in [2.75, 3.05) is 12.3 Å². The van der Waals surface area contributed by atoms with E-state index in [1.54, 1.807) is 16.9 Å². The van der Waals surface area contributed by atoms with Crippen molar-refractivity contribution in [3.8, 4) is 11.1 Å². The summed E-state index contributed by atoms with van der Waals surface area (Å²) in [7, 11) is 0. The first kappa shape index (κ1) is 15.1. The van der Waals surface area contributed by atoms with Crippen molar-refractivity contribution in [3.63, 3.8) is 0 Å². The van der Waals surface area contributed by atoms with Crippen LogP contribution in [0.25, 0.3) is 16.8 Å². The Hall–Kier alpha value is -2.45. The summed E-state index contributed by atoms with van der Waals surface area (Å²) in [4.78, 5) is 4.82. The molecule has 1 unspecified atom stereocenters. The van der Waals surface area contributed by atoms with E-state index < -0.39 is 0 Å². The third-order valence-corrected chi connectivity index (χ3v) is 4.78. The number of aliphatic hydroxyl groups excluding tert-OH is 1. The summed E-state index contributed by atoms with van der Waals surface area (Å²) in [5.74, 6) is 0.849. The minimum absolute atomic E-state index is 0.152. The molecule has 0 spiro atoms. The smallest absolute Gasteiger partial charge is 0.165 e. The zero-order valence-corrected chi connectivity index (χ0v) is 13.5. The highest BCUT2D eigenvalue weighted by molar-refractivity contribution is 5.77. The molecule has 8 nitrogen and oxygen atoms in total. The van der Waals surface area contributed by atoms with E-state index >= 15 is 0 Å². The van der Waals surface area contributed by atoms with E-state index in [0.29, 0.717) is 5.82 Å². The molecule has 1 aliphatic heterocycles. The Labute approximate surface area is 139 Å². The number of nitrogens with two attached hydrogens (primary N) is 1. The molecule has 0 amide bonds. The summed E-state index contributed by atoms with van der Waals surface area (Å²) in [6.07, 6.45) is 6.88. The maximum Gasteiger partial charge on any atom is 0.165 e. The van der Waals surface area contributed by atoms with Crippen molar-refractivity contribution in [2.24, 2.45) is 0 Å². The fourth-order valence-electron chi connectivity index (χ4n) is 3.36. The molecule has 1 saturated heterocycles. The number of nitrogens with zero attached hydrogens (tertiary/aromatic N) is 4. The van der Waals surface area contributed by atoms with Crippen LogP contribution in [0.5, 0.6) is 0 Å². The molecule has 3 aromatic rings. The van der Waals surface area contributed by atoms with Crippen molar-refractivity contribution in [2.45, 2.75) is 37.8 Å². The second-order valence-electron chi connectivity index (χ2n) is 6.42. The predicted molar refractivity (Wildman–Crippen MR) is 90.4 cm³/mol. The van der Waals surface area contributed by atoms with Gasteiger partial charge in [0.15, 0.2) is 5.65 Å². The van der Waals surface area contributed by atoms with Gasteiger partial charge in [-0.1, -0.05) is 0 Å². The summed E-state index contributed by atoms with van der Waals surface area (Å²) >= 11 is 0. The Kier molecular flexibility index (Phi) is 3.70. The Morgan fingerprint density at radius 2 is 2.25 bits per heavy atom. The van der Waals surface area contributed by atoms with Gasteiger partial charge < -0.3 is 16.2 Å². The number of hydrogen-bond donors (Lipinski definition) is 4. The highest BCUT2D eigenvalue weighted by atomic mass is 16.3. The number of fused-ring (bicyclic) bond motifs is 1. The SMILES string of the molecule is CC(O)[C@@H]1CC[C@H](c2cc(N)n3ncc(-c4cn[nH]c4)c3n2)CN1. The maximum absolute atomic E-state index is 9.72. The lowest BCUT2D eigenvalue weighted by Crippen LogP contribution is -2.44. The van der Waals surface area contributed by atoms with Gasteiger partial charge in [0.1, 0.15) is 5.82 Å². The van der Waals surface area contributed by atoms with Gasteiger partial charge in [-0.25, -0.2) is 4.98 Å². The van der Waals surface area contributed by atoms with Gasteiger partial charge in [-0.05, 0) is 19.8 Å². The minimum atomic E-state index is -0.339. The molecule has 5 N–H and O–H groups in total. The van der Waals surface area contributed by atoms with Crippen LogP contribution >= 0.6 is 0 Å². The van der Waals surface area contributed by atoms with E-state index in [2.05, 4.69) is 20.6 Å². The third-order valence-electron chi connectivity index (χ3n) is 4.78. The van der Waals surface area contributed by atoms with E-state index in [4.69, 9.17) is 10.7 Å². The molecule has 0 saturated carbocycles. The molecule has 0 aromatic carbocycles. The molecule has 24 heavy (non-hydrogen) atoms. The lowest BCUT2D eigenvalue weighted by atomic mass is 9.90. The van der Waals surface area contributed by atoms with Crippen LogP contribution in [0.15, 0.2) is 24.7 Å². The van der Waals surface area contributed by atoms with Gasteiger partial charge in [-0.2, -0.15) is 14.7 Å². The minimum Gasteiger partial charge on any atom is -0.392 e. The summed E-state index contributed by atoms with van der Waals surface area (Å²) in [5, 5.41) is 24.3. The van der Waals surface area contributed by atoms with Gasteiger partial charge >= 0.3 is 0 Å². The molecule has 0 aliphatic carbocycles. The quantitative estimate of drug-likeness (QED) is 0.568. The van der Waals surface area contributed by atoms with Crippen molar-refractivity contribution in [3.05, 3.63) is 30.4 Å². The number of H-pyrrole nitrogens is 1. The average molecular weight is 327 g/mol. The van der Waals surface area contributed by atoms with E-state index in [1.807, 2.05) is 19.2 Å². The monoisotopic (exact) mass is 327 g/mol. The van der Waals surface area contributed by atoms with Crippen LogP contribution < -0.4 is 11.1 Å². The van der Waals surface area contributed by atoms with Crippen molar-refractivity contribution in [1.29, 1.82) is 0 Å². The molecule has 3 aromatic heterocycles. The number of aromatic nitrogens is 5. The Morgan fingerprint density at radius 3 is 2.92 bits per heavy atom. The van der Waals surface area contributed by atoms with Crippen LogP contribution in [0, 0.1) is 0 Å². The van der Waals surface area contributed by atoms with Crippen LogP contribution in [0.2, 0.25) is 0 Å². The van der Waals surface area contributed by atoms with Crippen molar-refractivity contribution in [1.82, 2.24) is 30.1 Å². The molecular weight excluding hydrogens is 306 g/mol. The number of anilines is 1. The first-order valence-electron chi connectivity index (χ1n) is 8.18. The number of rotatable bonds is 3. The zero-order chi connectivity index (χ0) is 16.7. The molecule has 0 bridgehead atoms. The number of nitrogens with one attached hydrogen (secondary N) is 2. The van der Waals surface area contributed by atoms with Crippen LogP contribution in [-0.2, 0) is 0 Å². The first-order valence-corrected chi connectivity index (χ1v) is 8.18. The summed E-state index contributed by atoms with van der Waals surface area (Å²) < 4.78 is 1.65. The molecule has 126 valence electrons. The van der Waals surface area contributed by atoms with Crippen molar-refractivity contribution >= 4 is 11.5 Å². The standard InChI is InChI=1S/C16H21N7O/c1-9(24)13-3-2-10(5-18-13)14-4-15(17)23-16(22-14)12(8-21-23)11-6-19-20-7-11/h4,6-10,13,18,24H,2-3,5,17H2,1H3,(H,19,20)/t9?,10-,13-/m0/s1. The van der Waals surface area contributed by atoms with E-state index in [-0.39, 0.29) is 18.1 Å². The van der Waals surface area contributed by atoms with E-state index in [9.17, 15) is 5.11 Å². The van der Waals surface area contributed by atoms with E-state index in [1.165, 1.54) is 0 Å². The Bertz CT molecular complexity index is 832. The lowest BCUT2D eigenvalue weighted by Gasteiger charge is -2.31. The predicted octanol–water partition coefficient (Wildman–Crippen LogP) is 0.918. The van der Waals surface area contributed by atoms with Gasteiger partial charge in [0, 0.05) is 41.9 Å². The fourth-order valence-corrected chi connectivity index (χ4v) is 3.36. The molecular formula is C16H21N7O. The summed E-state index contributed by atoms with van der Waals surface area (Å²) in [5.41, 5.74) is 9.72. The van der Waals surface area contributed by atoms with Crippen molar-refractivity contribution < 1.29 is 5.11 Å². The van der Waals surface area contributed by atoms with Gasteiger partial charge in [0.25, 0.3) is 0 Å². The van der Waals surface area contributed by atoms with Crippen LogP contribution in [-0.4, -0.2) is 48.6 Å². The molecule has 3 atom stereocenters. The Morgan fingerprint density at radius 1 is 1.38 bits per heavy atom. The van der Waals surface area contributed by atoms with Gasteiger partial charge in [-0.3, -0.25) is 5.10 Å². The highest BCUT2D eigenvalue weighted by Crippen LogP contribution is 2.29. The zero-order valence-electron chi connectivity index (χ0n) is 13.5. The molecule has 4 heterocycles. The molecule has 0 radical (unpaired) electrons. The summed E-state index contributed by atoms with van der Waals surface area (Å²) in [6.45, 7) is 2.61. The fraction of sp³-hybridized carbons (Fsp3) is 0.438. The summed E-state index contributed by atoms with van der Waals surface area (Å²) in [6, 6.07) is 2.05. The topological polar surface area (TPSA) is 117 Å². The van der Waals surface area contributed by atoms with Gasteiger partial charge in [0.2, 0.25) is 0 Å². The molecule has 1 fully saturated rings. The molecule has 1 aliphatic rings. The second kappa shape index (κ2) is 5.88. The lowest BCUT2D eigenvalue weighted by molar-refractivity contribution is 0.125. The third kappa shape index (κ3) is 2.53. The van der Waals surface area contributed by atoms with E-state index in [0.717, 1.165) is 41.9 Å². The number of hydrogen-bond acceptors (Lipinski definition) is 6. The normalized spacial score (nSPS) is 22.8. The number of aromatic amines is 1. The Balaban J connectivity index is 1.69. The second-order valence-corrected chi connectivity index (χ2v) is 6.42. The number of piperidine rings is 1. The van der Waals surface area contributed by atoms with Crippen LogP contribution in [0.1, 0.15) is 31.4 Å².